The van der Waals surface area contributed by atoms with Crippen LogP contribution in [-0.4, -0.2) is 45.2 Å². The van der Waals surface area contributed by atoms with Gasteiger partial charge < -0.3 is 14.8 Å². The number of benzene rings is 1. The van der Waals surface area contributed by atoms with Crippen LogP contribution in [0.5, 0.6) is 11.5 Å². The van der Waals surface area contributed by atoms with E-state index in [2.05, 4.69) is 15.5 Å². The van der Waals surface area contributed by atoms with Crippen LogP contribution in [0.2, 0.25) is 0 Å². The molecule has 2 aromatic heterocycles. The van der Waals surface area contributed by atoms with Gasteiger partial charge in [0.25, 0.3) is 5.56 Å². The molecule has 0 spiro atoms. The summed E-state index contributed by atoms with van der Waals surface area (Å²) in [5, 5.41) is 11.5. The molecule has 9 nitrogen and oxygen atoms in total. The molecular weight excluding hydrogens is 398 g/mol. The smallest absolute Gasteiger partial charge is 0.267 e. The molecule has 0 aliphatic rings. The van der Waals surface area contributed by atoms with Gasteiger partial charge in [-0.25, -0.2) is 9.36 Å². The maximum atomic E-state index is 12.5. The van der Waals surface area contributed by atoms with Crippen molar-refractivity contribution in [3.8, 4) is 17.3 Å². The highest BCUT2D eigenvalue weighted by Crippen LogP contribution is 2.17. The van der Waals surface area contributed by atoms with Crippen LogP contribution >= 0.6 is 0 Å². The van der Waals surface area contributed by atoms with Crippen LogP contribution in [0.4, 0.5) is 0 Å². The summed E-state index contributed by atoms with van der Waals surface area (Å²) in [7, 11) is 0. The number of carbonyl (C=O) groups is 1. The van der Waals surface area contributed by atoms with Crippen molar-refractivity contribution in [2.24, 2.45) is 0 Å². The molecule has 0 saturated carbocycles. The summed E-state index contributed by atoms with van der Waals surface area (Å²) >= 11 is 0. The Hall–Kier alpha value is -3.62. The van der Waals surface area contributed by atoms with Gasteiger partial charge in [-0.3, -0.25) is 9.59 Å². The first-order chi connectivity index (χ1) is 14.9. The summed E-state index contributed by atoms with van der Waals surface area (Å²) in [5.41, 5.74) is 1.37. The molecule has 0 fully saturated rings. The number of carbonyl (C=O) groups excluding carboxylic acids is 1. The van der Waals surface area contributed by atoms with Crippen LogP contribution in [-0.2, 0) is 4.79 Å². The highest BCUT2D eigenvalue weighted by atomic mass is 16.5. The first-order valence-corrected chi connectivity index (χ1v) is 10.2. The summed E-state index contributed by atoms with van der Waals surface area (Å²) < 4.78 is 13.8. The molecule has 3 aromatic rings. The number of aryl methyl sites for hydroxylation is 2. The third kappa shape index (κ3) is 5.50. The topological polar surface area (TPSA) is 100 Å². The molecule has 1 aromatic carbocycles. The van der Waals surface area contributed by atoms with Gasteiger partial charge in [0.2, 0.25) is 5.91 Å². The van der Waals surface area contributed by atoms with Crippen molar-refractivity contribution >= 4 is 5.91 Å². The number of nitrogens with zero attached hydrogens (tertiary/aromatic N) is 4. The molecule has 164 valence electrons. The number of nitrogens with one attached hydrogen (secondary N) is 1. The Balaban J connectivity index is 1.58. The molecular formula is C22H27N5O4. The van der Waals surface area contributed by atoms with Crippen LogP contribution in [0.25, 0.3) is 5.82 Å². The first-order valence-electron chi connectivity index (χ1n) is 10.2. The van der Waals surface area contributed by atoms with Crippen molar-refractivity contribution in [3.63, 3.8) is 0 Å². The second-order valence-electron chi connectivity index (χ2n) is 7.03. The van der Waals surface area contributed by atoms with Gasteiger partial charge in [0.15, 0.2) is 5.82 Å². The Kier molecular flexibility index (Phi) is 7.07. The van der Waals surface area contributed by atoms with Crippen LogP contribution in [0, 0.1) is 13.8 Å². The molecule has 9 heteroatoms. The van der Waals surface area contributed by atoms with Crippen molar-refractivity contribution in [3.05, 3.63) is 64.2 Å². The zero-order valence-electron chi connectivity index (χ0n) is 18.2. The summed E-state index contributed by atoms with van der Waals surface area (Å²) in [4.78, 5) is 24.8. The zero-order chi connectivity index (χ0) is 22.4. The van der Waals surface area contributed by atoms with Crippen molar-refractivity contribution in [2.45, 2.75) is 33.7 Å². The van der Waals surface area contributed by atoms with Gasteiger partial charge in [-0.2, -0.15) is 5.10 Å². The predicted octanol–water partition coefficient (Wildman–Crippen LogP) is 2.20. The molecule has 0 saturated heterocycles. The lowest BCUT2D eigenvalue weighted by Gasteiger charge is -2.15. The molecule has 0 bridgehead atoms. The van der Waals surface area contributed by atoms with Gasteiger partial charge in [0, 0.05) is 11.8 Å². The van der Waals surface area contributed by atoms with E-state index in [4.69, 9.17) is 9.47 Å². The monoisotopic (exact) mass is 425 g/mol. The van der Waals surface area contributed by atoms with E-state index in [-0.39, 0.29) is 11.5 Å². The van der Waals surface area contributed by atoms with Gasteiger partial charge in [0.1, 0.15) is 24.1 Å². The molecule has 2 heterocycles. The fourth-order valence-corrected chi connectivity index (χ4v) is 3.07. The van der Waals surface area contributed by atoms with Crippen LogP contribution in [0.1, 0.15) is 31.3 Å². The van der Waals surface area contributed by atoms with Gasteiger partial charge in [-0.1, -0.05) is 0 Å². The lowest BCUT2D eigenvalue weighted by atomic mass is 10.3. The molecule has 1 amide bonds. The third-order valence-electron chi connectivity index (χ3n) is 4.59. The van der Waals surface area contributed by atoms with Crippen molar-refractivity contribution in [1.82, 2.24) is 24.9 Å². The van der Waals surface area contributed by atoms with E-state index < -0.39 is 6.04 Å². The summed E-state index contributed by atoms with van der Waals surface area (Å²) in [5.74, 6) is 1.61. The van der Waals surface area contributed by atoms with Crippen molar-refractivity contribution in [2.75, 3.05) is 19.8 Å². The van der Waals surface area contributed by atoms with E-state index in [1.54, 1.807) is 17.7 Å². The SMILES string of the molecule is CCOc1ccc(OCCNC(=O)C(C)n2nc(-n3nc(C)cc3C)ccc2=O)cc1. The van der Waals surface area contributed by atoms with E-state index in [0.717, 1.165) is 21.8 Å². The maximum Gasteiger partial charge on any atom is 0.267 e. The lowest BCUT2D eigenvalue weighted by Crippen LogP contribution is -2.38. The van der Waals surface area contributed by atoms with Crippen LogP contribution in [0.3, 0.4) is 0 Å². The largest absolute Gasteiger partial charge is 0.494 e. The van der Waals surface area contributed by atoms with E-state index in [0.29, 0.717) is 31.3 Å². The van der Waals surface area contributed by atoms with E-state index in [1.165, 1.54) is 6.07 Å². The van der Waals surface area contributed by atoms with Gasteiger partial charge in [-0.05, 0) is 64.1 Å². The Morgan fingerprint density at radius 2 is 1.74 bits per heavy atom. The molecule has 0 radical (unpaired) electrons. The van der Waals surface area contributed by atoms with Crippen molar-refractivity contribution in [1.29, 1.82) is 0 Å². The predicted molar refractivity (Wildman–Crippen MR) is 116 cm³/mol. The normalized spacial score (nSPS) is 11.7. The minimum atomic E-state index is -0.783. The fraction of sp³-hybridized carbons (Fsp3) is 0.364. The molecule has 0 aliphatic heterocycles. The highest BCUT2D eigenvalue weighted by molar-refractivity contribution is 5.79. The molecule has 1 atom stereocenters. The van der Waals surface area contributed by atoms with Crippen LogP contribution < -0.4 is 20.3 Å². The average molecular weight is 425 g/mol. The first kappa shape index (κ1) is 22.1. The Morgan fingerprint density at radius 1 is 1.06 bits per heavy atom. The Bertz CT molecular complexity index is 1090. The highest BCUT2D eigenvalue weighted by Gasteiger charge is 2.18. The summed E-state index contributed by atoms with van der Waals surface area (Å²) in [6.07, 6.45) is 0. The molecule has 1 unspecified atom stereocenters. The molecule has 0 aliphatic carbocycles. The van der Waals surface area contributed by atoms with Gasteiger partial charge in [0.05, 0.1) is 18.8 Å². The number of rotatable bonds is 9. The van der Waals surface area contributed by atoms with E-state index >= 15 is 0 Å². The van der Waals surface area contributed by atoms with Crippen molar-refractivity contribution < 1.29 is 14.3 Å². The fourth-order valence-electron chi connectivity index (χ4n) is 3.07. The Morgan fingerprint density at radius 3 is 2.35 bits per heavy atom. The second kappa shape index (κ2) is 9.92. The van der Waals surface area contributed by atoms with Gasteiger partial charge in [-0.15, -0.1) is 5.10 Å². The van der Waals surface area contributed by atoms with Gasteiger partial charge >= 0.3 is 0 Å². The number of amides is 1. The standard InChI is InChI=1S/C22H27N5O4/c1-5-30-18-6-8-19(9-7-18)31-13-12-23-22(29)17(4)27-21(28)11-10-20(25-27)26-16(3)14-15(2)24-26/h6-11,14,17H,5,12-13H2,1-4H3,(H,23,29). The number of aromatic nitrogens is 4. The minimum Gasteiger partial charge on any atom is -0.494 e. The average Bonchev–Trinajstić information content (AvgIpc) is 3.10. The number of hydrogen-bond donors (Lipinski definition) is 1. The lowest BCUT2D eigenvalue weighted by molar-refractivity contribution is -0.124. The maximum absolute atomic E-state index is 12.5. The number of hydrogen-bond acceptors (Lipinski definition) is 6. The second-order valence-corrected chi connectivity index (χ2v) is 7.03. The third-order valence-corrected chi connectivity index (χ3v) is 4.59. The molecule has 31 heavy (non-hydrogen) atoms. The van der Waals surface area contributed by atoms with E-state index in [1.807, 2.05) is 51.1 Å². The van der Waals surface area contributed by atoms with Crippen LogP contribution in [0.15, 0.2) is 47.3 Å². The zero-order valence-corrected chi connectivity index (χ0v) is 18.2. The minimum absolute atomic E-state index is 0.292. The molecule has 3 rings (SSSR count). The summed E-state index contributed by atoms with van der Waals surface area (Å²) in [6, 6.07) is 11.4. The molecule has 1 N–H and O–H groups in total. The van der Waals surface area contributed by atoms with E-state index in [9.17, 15) is 9.59 Å². The number of ether oxygens (including phenoxy) is 2. The summed E-state index contributed by atoms with van der Waals surface area (Å²) in [6.45, 7) is 8.52. The quantitative estimate of drug-likeness (QED) is 0.528. The Labute approximate surface area is 180 Å².